The number of hydrogen-bond donors (Lipinski definition) is 1. The number of sulfonamides is 1. The lowest BCUT2D eigenvalue weighted by atomic mass is 10.1. The van der Waals surface area contributed by atoms with Gasteiger partial charge in [-0.05, 0) is 54.0 Å². The van der Waals surface area contributed by atoms with E-state index in [9.17, 15) is 18.0 Å². The third-order valence-corrected chi connectivity index (χ3v) is 9.30. The molecule has 3 aromatic carbocycles. The molecule has 7 nitrogen and oxygen atoms in total. The Labute approximate surface area is 240 Å². The first kappa shape index (κ1) is 29.2. The first-order valence-corrected chi connectivity index (χ1v) is 15.3. The van der Waals surface area contributed by atoms with E-state index in [1.807, 2.05) is 39.0 Å². The summed E-state index contributed by atoms with van der Waals surface area (Å²) in [6.07, 6.45) is 0.771. The fraction of sp³-hybridized carbons (Fsp3) is 0.379. The van der Waals surface area contributed by atoms with Crippen LogP contribution in [0, 0.1) is 5.92 Å². The summed E-state index contributed by atoms with van der Waals surface area (Å²) >= 11 is 12.5. The molecule has 0 aliphatic carbocycles. The number of carbonyl (C=O) groups is 2. The largest absolute Gasteiger partial charge is 0.354 e. The van der Waals surface area contributed by atoms with Gasteiger partial charge in [-0.25, -0.2) is 8.42 Å². The highest BCUT2D eigenvalue weighted by atomic mass is 35.5. The molecule has 0 bridgehead atoms. The molecule has 1 aliphatic heterocycles. The Morgan fingerprint density at radius 3 is 2.44 bits per heavy atom. The average molecular weight is 591 g/mol. The molecule has 0 aromatic heterocycles. The molecule has 0 unspecified atom stereocenters. The molecule has 39 heavy (non-hydrogen) atoms. The van der Waals surface area contributed by atoms with Crippen LogP contribution in [0.4, 0.5) is 5.69 Å². The summed E-state index contributed by atoms with van der Waals surface area (Å²) in [5, 5.41) is 5.39. The third-order valence-electron chi connectivity index (χ3n) is 6.86. The molecule has 1 heterocycles. The molecule has 208 valence electrons. The maximum absolute atomic E-state index is 13.6. The number of halogens is 2. The lowest BCUT2D eigenvalue weighted by molar-refractivity contribution is -0.141. The van der Waals surface area contributed by atoms with Crippen molar-refractivity contribution in [1.82, 2.24) is 10.2 Å². The molecule has 1 atom stereocenters. The van der Waals surface area contributed by atoms with Crippen molar-refractivity contribution in [1.29, 1.82) is 0 Å². The zero-order valence-corrected chi connectivity index (χ0v) is 24.6. The minimum atomic E-state index is -3.71. The van der Waals surface area contributed by atoms with Gasteiger partial charge in [0.05, 0.1) is 10.6 Å². The van der Waals surface area contributed by atoms with E-state index >= 15 is 0 Å². The van der Waals surface area contributed by atoms with Gasteiger partial charge in [-0.3, -0.25) is 13.9 Å². The second kappa shape index (κ2) is 12.1. The summed E-state index contributed by atoms with van der Waals surface area (Å²) < 4.78 is 28.0. The van der Waals surface area contributed by atoms with Gasteiger partial charge >= 0.3 is 0 Å². The zero-order chi connectivity index (χ0) is 28.3. The van der Waals surface area contributed by atoms with Crippen LogP contribution in [0.3, 0.4) is 0 Å². The lowest BCUT2D eigenvalue weighted by Crippen LogP contribution is -2.49. The van der Waals surface area contributed by atoms with E-state index in [4.69, 9.17) is 23.2 Å². The van der Waals surface area contributed by atoms with Crippen LogP contribution in [-0.2, 0) is 26.2 Å². The predicted molar refractivity (Wildman–Crippen MR) is 157 cm³/mol. The predicted octanol–water partition coefficient (Wildman–Crippen LogP) is 6.02. The van der Waals surface area contributed by atoms with E-state index in [1.54, 1.807) is 41.3 Å². The van der Waals surface area contributed by atoms with Gasteiger partial charge in [-0.2, -0.15) is 0 Å². The van der Waals surface area contributed by atoms with Crippen LogP contribution < -0.4 is 9.62 Å². The van der Waals surface area contributed by atoms with Crippen molar-refractivity contribution >= 4 is 61.5 Å². The highest BCUT2D eigenvalue weighted by Gasteiger charge is 2.35. The van der Waals surface area contributed by atoms with Crippen LogP contribution >= 0.6 is 23.2 Å². The van der Waals surface area contributed by atoms with Gasteiger partial charge in [0.2, 0.25) is 11.8 Å². The Balaban J connectivity index is 1.53. The molecular formula is C29H33Cl2N3O4S. The molecular weight excluding hydrogens is 557 g/mol. The van der Waals surface area contributed by atoms with E-state index in [-0.39, 0.29) is 48.6 Å². The summed E-state index contributed by atoms with van der Waals surface area (Å²) in [6.45, 7) is 6.64. The first-order chi connectivity index (χ1) is 18.5. The molecule has 0 fully saturated rings. The fourth-order valence-corrected chi connectivity index (χ4v) is 7.11. The second-order valence-electron chi connectivity index (χ2n) is 10.1. The number of anilines is 1. The van der Waals surface area contributed by atoms with Crippen LogP contribution in [-0.4, -0.2) is 44.3 Å². The number of amides is 2. The van der Waals surface area contributed by atoms with Gasteiger partial charge in [0.25, 0.3) is 10.0 Å². The highest BCUT2D eigenvalue weighted by molar-refractivity contribution is 7.93. The SMILES string of the molecule is CC[C@@H](C(=O)NCC(C)C)N(Cc1ccc(Cl)cc1Cl)C(=O)CCCN1c2cccc3cccc(c23)S1(=O)=O. The summed E-state index contributed by atoms with van der Waals surface area (Å²) in [7, 11) is -3.71. The van der Waals surface area contributed by atoms with Crippen LogP contribution in [0.25, 0.3) is 10.8 Å². The Bertz CT molecular complexity index is 1490. The summed E-state index contributed by atoms with van der Waals surface area (Å²) in [5.41, 5.74) is 1.30. The van der Waals surface area contributed by atoms with Crippen LogP contribution in [0.5, 0.6) is 0 Å². The van der Waals surface area contributed by atoms with E-state index in [2.05, 4.69) is 5.32 Å². The Kier molecular flexibility index (Phi) is 9.09. The molecule has 1 aliphatic rings. The van der Waals surface area contributed by atoms with E-state index < -0.39 is 16.1 Å². The molecule has 4 rings (SSSR count). The Hall–Kier alpha value is -2.81. The van der Waals surface area contributed by atoms with E-state index in [0.29, 0.717) is 39.6 Å². The molecule has 0 radical (unpaired) electrons. The smallest absolute Gasteiger partial charge is 0.265 e. The number of nitrogens with zero attached hydrogens (tertiary/aromatic N) is 2. The minimum absolute atomic E-state index is 0.0670. The second-order valence-corrected chi connectivity index (χ2v) is 12.8. The van der Waals surface area contributed by atoms with Gasteiger partial charge in [0.1, 0.15) is 6.04 Å². The average Bonchev–Trinajstić information content (AvgIpc) is 3.11. The molecule has 10 heteroatoms. The summed E-state index contributed by atoms with van der Waals surface area (Å²) in [4.78, 5) is 28.6. The van der Waals surface area contributed by atoms with Gasteiger partial charge < -0.3 is 10.2 Å². The quantitative estimate of drug-likeness (QED) is 0.296. The van der Waals surface area contributed by atoms with Gasteiger partial charge in [-0.15, -0.1) is 0 Å². The summed E-state index contributed by atoms with van der Waals surface area (Å²) in [6, 6.07) is 15.1. The van der Waals surface area contributed by atoms with Gasteiger partial charge in [-0.1, -0.05) is 74.3 Å². The number of hydrogen-bond acceptors (Lipinski definition) is 4. The van der Waals surface area contributed by atoms with Crippen molar-refractivity contribution in [3.8, 4) is 0 Å². The molecule has 1 N–H and O–H groups in total. The van der Waals surface area contributed by atoms with Gasteiger partial charge in [0, 0.05) is 41.5 Å². The maximum atomic E-state index is 13.6. The summed E-state index contributed by atoms with van der Waals surface area (Å²) in [5.74, 6) is -0.217. The van der Waals surface area contributed by atoms with E-state index in [0.717, 1.165) is 5.39 Å². The molecule has 0 spiro atoms. The fourth-order valence-electron chi connectivity index (χ4n) is 4.89. The van der Waals surface area contributed by atoms with Gasteiger partial charge in [0.15, 0.2) is 0 Å². The molecule has 0 saturated carbocycles. The minimum Gasteiger partial charge on any atom is -0.354 e. The van der Waals surface area contributed by atoms with Crippen molar-refractivity contribution in [3.05, 3.63) is 70.2 Å². The molecule has 0 saturated heterocycles. The third kappa shape index (κ3) is 6.18. The zero-order valence-electron chi connectivity index (χ0n) is 22.3. The molecule has 3 aromatic rings. The highest BCUT2D eigenvalue weighted by Crippen LogP contribution is 2.42. The number of nitrogens with one attached hydrogen (secondary N) is 1. The van der Waals surface area contributed by atoms with Crippen LogP contribution in [0.2, 0.25) is 10.0 Å². The number of rotatable bonds is 11. The normalized spacial score (nSPS) is 14.6. The Morgan fingerprint density at radius 1 is 1.05 bits per heavy atom. The van der Waals surface area contributed by atoms with Crippen LogP contribution in [0.1, 0.15) is 45.6 Å². The standard InChI is InChI=1S/C29H33Cl2N3O4S/c1-4-24(29(36)32-17-19(2)3)33(18-21-13-14-22(30)16-23(21)31)27(35)12-7-15-34-25-10-5-8-20-9-6-11-26(28(20)25)39(34,37)38/h5-6,8-11,13-14,16,19,24H,4,7,12,15,17-18H2,1-3H3,(H,32,36)/t24-/m0/s1. The Morgan fingerprint density at radius 2 is 1.77 bits per heavy atom. The monoisotopic (exact) mass is 589 g/mol. The number of carbonyl (C=O) groups excluding carboxylic acids is 2. The molecule has 2 amide bonds. The first-order valence-electron chi connectivity index (χ1n) is 13.1. The lowest BCUT2D eigenvalue weighted by Gasteiger charge is -2.31. The topological polar surface area (TPSA) is 86.8 Å². The van der Waals surface area contributed by atoms with E-state index in [1.165, 1.54) is 4.31 Å². The van der Waals surface area contributed by atoms with Crippen molar-refractivity contribution in [2.45, 2.75) is 57.5 Å². The van der Waals surface area contributed by atoms with Crippen molar-refractivity contribution in [2.75, 3.05) is 17.4 Å². The van der Waals surface area contributed by atoms with Crippen molar-refractivity contribution in [2.24, 2.45) is 5.92 Å². The maximum Gasteiger partial charge on any atom is 0.265 e. The van der Waals surface area contributed by atoms with Crippen LogP contribution in [0.15, 0.2) is 59.5 Å². The van der Waals surface area contributed by atoms with Crippen molar-refractivity contribution < 1.29 is 18.0 Å². The van der Waals surface area contributed by atoms with Crippen molar-refractivity contribution in [3.63, 3.8) is 0 Å². The number of benzene rings is 3.